The van der Waals surface area contributed by atoms with Crippen LogP contribution < -0.4 is 5.32 Å². The van der Waals surface area contributed by atoms with Crippen molar-refractivity contribution in [2.45, 2.75) is 32.1 Å². The van der Waals surface area contributed by atoms with Crippen LogP contribution in [0.25, 0.3) is 0 Å². The van der Waals surface area contributed by atoms with E-state index >= 15 is 0 Å². The molecule has 0 amide bonds. The van der Waals surface area contributed by atoms with Crippen molar-refractivity contribution in [1.82, 2.24) is 5.32 Å². The molecule has 0 spiro atoms. The average molecular weight is 197 g/mol. The molecule has 0 aromatic heterocycles. The molecule has 1 atom stereocenters. The second-order valence-corrected chi connectivity index (χ2v) is 3.83. The molecule has 3 heteroatoms. The van der Waals surface area contributed by atoms with Crippen LogP contribution in [0, 0.1) is 5.92 Å². The Hall–Kier alpha value is -0.830. The third kappa shape index (κ3) is 5.02. The van der Waals surface area contributed by atoms with Crippen molar-refractivity contribution in [2.24, 2.45) is 5.92 Å². The Balaban J connectivity index is 1.93. The number of rotatable bonds is 6. The smallest absolute Gasteiger partial charge is 0.304 e. The van der Waals surface area contributed by atoms with E-state index in [1.54, 1.807) is 0 Å². The van der Waals surface area contributed by atoms with E-state index in [1.165, 1.54) is 25.7 Å². The van der Waals surface area contributed by atoms with E-state index in [2.05, 4.69) is 17.5 Å². The van der Waals surface area contributed by atoms with Gasteiger partial charge in [0.25, 0.3) is 0 Å². The van der Waals surface area contributed by atoms with Gasteiger partial charge in [-0.05, 0) is 38.1 Å². The normalized spacial score (nSPS) is 21.0. The zero-order valence-electron chi connectivity index (χ0n) is 8.54. The summed E-state index contributed by atoms with van der Waals surface area (Å²) in [6.07, 6.45) is 9.59. The summed E-state index contributed by atoms with van der Waals surface area (Å²) in [7, 11) is 0. The zero-order valence-corrected chi connectivity index (χ0v) is 8.54. The minimum absolute atomic E-state index is 0.227. The first-order valence-electron chi connectivity index (χ1n) is 5.36. The minimum Gasteiger partial charge on any atom is -0.481 e. The monoisotopic (exact) mass is 197 g/mol. The van der Waals surface area contributed by atoms with Gasteiger partial charge >= 0.3 is 5.97 Å². The number of hydrogen-bond donors (Lipinski definition) is 2. The topological polar surface area (TPSA) is 49.3 Å². The molecule has 80 valence electrons. The molecule has 1 aliphatic rings. The fourth-order valence-electron chi connectivity index (χ4n) is 1.75. The van der Waals surface area contributed by atoms with Gasteiger partial charge in [0.15, 0.2) is 0 Å². The maximum atomic E-state index is 10.2. The molecule has 1 rings (SSSR count). The second-order valence-electron chi connectivity index (χ2n) is 3.83. The van der Waals surface area contributed by atoms with Gasteiger partial charge in [-0.25, -0.2) is 0 Å². The summed E-state index contributed by atoms with van der Waals surface area (Å²) in [6.45, 7) is 1.55. The summed E-state index contributed by atoms with van der Waals surface area (Å²) < 4.78 is 0. The van der Waals surface area contributed by atoms with Crippen molar-refractivity contribution in [3.05, 3.63) is 12.2 Å². The van der Waals surface area contributed by atoms with Crippen LogP contribution in [0.5, 0.6) is 0 Å². The van der Waals surface area contributed by atoms with E-state index < -0.39 is 5.97 Å². The maximum Gasteiger partial charge on any atom is 0.304 e. The first-order valence-corrected chi connectivity index (χ1v) is 5.36. The second kappa shape index (κ2) is 6.60. The van der Waals surface area contributed by atoms with Crippen molar-refractivity contribution in [3.63, 3.8) is 0 Å². The van der Waals surface area contributed by atoms with Crippen LogP contribution in [0.4, 0.5) is 0 Å². The number of carboxylic acid groups (broad SMARTS) is 1. The molecule has 2 N–H and O–H groups in total. The van der Waals surface area contributed by atoms with E-state index in [-0.39, 0.29) is 6.42 Å². The Labute approximate surface area is 85.2 Å². The molecule has 3 nitrogen and oxygen atoms in total. The number of carboxylic acids is 1. The van der Waals surface area contributed by atoms with Crippen LogP contribution in [0.15, 0.2) is 12.2 Å². The summed E-state index contributed by atoms with van der Waals surface area (Å²) in [6, 6.07) is 0. The van der Waals surface area contributed by atoms with E-state index in [9.17, 15) is 4.79 Å². The van der Waals surface area contributed by atoms with Gasteiger partial charge in [-0.2, -0.15) is 0 Å². The molecular formula is C11H19NO2. The van der Waals surface area contributed by atoms with Gasteiger partial charge in [0.1, 0.15) is 0 Å². The third-order valence-electron chi connectivity index (χ3n) is 2.62. The quantitative estimate of drug-likeness (QED) is 0.504. The van der Waals surface area contributed by atoms with Crippen molar-refractivity contribution >= 4 is 5.97 Å². The van der Waals surface area contributed by atoms with Crippen LogP contribution in [-0.4, -0.2) is 24.2 Å². The molecule has 0 aliphatic heterocycles. The zero-order chi connectivity index (χ0) is 10.2. The fourth-order valence-corrected chi connectivity index (χ4v) is 1.75. The lowest BCUT2D eigenvalue weighted by atomic mass is 9.91. The predicted molar refractivity (Wildman–Crippen MR) is 56.2 cm³/mol. The molecule has 1 aliphatic carbocycles. The van der Waals surface area contributed by atoms with Gasteiger partial charge in [-0.1, -0.05) is 12.2 Å². The number of carbonyl (C=O) groups is 1. The standard InChI is InChI=1S/C11H19NO2/c13-11(14)7-9-12-8-6-10-4-2-1-3-5-10/h1-2,10,12H,3-9H2,(H,13,14). The Morgan fingerprint density at radius 3 is 2.93 bits per heavy atom. The summed E-state index contributed by atoms with van der Waals surface area (Å²) in [5.41, 5.74) is 0. The lowest BCUT2D eigenvalue weighted by Crippen LogP contribution is -2.21. The first kappa shape index (κ1) is 11.2. The molecule has 14 heavy (non-hydrogen) atoms. The van der Waals surface area contributed by atoms with Crippen LogP contribution in [-0.2, 0) is 4.79 Å². The maximum absolute atomic E-state index is 10.2. The van der Waals surface area contributed by atoms with Crippen molar-refractivity contribution in [2.75, 3.05) is 13.1 Å². The summed E-state index contributed by atoms with van der Waals surface area (Å²) in [5.74, 6) is 0.0791. The molecule has 1 unspecified atom stereocenters. The summed E-state index contributed by atoms with van der Waals surface area (Å²) in [4.78, 5) is 10.2. The Morgan fingerprint density at radius 1 is 1.43 bits per heavy atom. The average Bonchev–Trinajstić information content (AvgIpc) is 2.18. The molecular weight excluding hydrogens is 178 g/mol. The molecule has 0 aromatic carbocycles. The molecule has 0 bridgehead atoms. The number of hydrogen-bond acceptors (Lipinski definition) is 2. The Bertz CT molecular complexity index is 201. The van der Waals surface area contributed by atoms with Crippen molar-refractivity contribution in [1.29, 1.82) is 0 Å². The highest BCUT2D eigenvalue weighted by Gasteiger charge is 2.08. The van der Waals surface area contributed by atoms with Gasteiger partial charge in [-0.15, -0.1) is 0 Å². The molecule has 0 fully saturated rings. The van der Waals surface area contributed by atoms with E-state index in [0.29, 0.717) is 6.54 Å². The van der Waals surface area contributed by atoms with Crippen LogP contribution in [0.3, 0.4) is 0 Å². The summed E-state index contributed by atoms with van der Waals surface area (Å²) in [5, 5.41) is 11.6. The highest BCUT2D eigenvalue weighted by molar-refractivity contribution is 5.66. The number of allylic oxidation sites excluding steroid dienone is 2. The van der Waals surface area contributed by atoms with Gasteiger partial charge in [0.05, 0.1) is 6.42 Å². The van der Waals surface area contributed by atoms with E-state index in [1.807, 2.05) is 0 Å². The molecule has 0 radical (unpaired) electrons. The Kier molecular flexibility index (Phi) is 5.30. The van der Waals surface area contributed by atoms with Crippen LogP contribution >= 0.6 is 0 Å². The highest BCUT2D eigenvalue weighted by Crippen LogP contribution is 2.20. The van der Waals surface area contributed by atoms with Crippen LogP contribution in [0.2, 0.25) is 0 Å². The van der Waals surface area contributed by atoms with Gasteiger partial charge < -0.3 is 10.4 Å². The predicted octanol–water partition coefficient (Wildman–Crippen LogP) is 1.80. The Morgan fingerprint density at radius 2 is 2.29 bits per heavy atom. The molecule has 0 aromatic rings. The lowest BCUT2D eigenvalue weighted by Gasteiger charge is -2.17. The highest BCUT2D eigenvalue weighted by atomic mass is 16.4. The molecule has 0 saturated heterocycles. The summed E-state index contributed by atoms with van der Waals surface area (Å²) >= 11 is 0. The van der Waals surface area contributed by atoms with Crippen LogP contribution in [0.1, 0.15) is 32.1 Å². The van der Waals surface area contributed by atoms with E-state index in [4.69, 9.17) is 5.11 Å². The van der Waals surface area contributed by atoms with E-state index in [0.717, 1.165) is 12.5 Å². The van der Waals surface area contributed by atoms with Crippen molar-refractivity contribution < 1.29 is 9.90 Å². The van der Waals surface area contributed by atoms with Gasteiger partial charge in [0.2, 0.25) is 0 Å². The fraction of sp³-hybridized carbons (Fsp3) is 0.727. The number of aliphatic carboxylic acids is 1. The third-order valence-corrected chi connectivity index (χ3v) is 2.62. The molecule has 0 heterocycles. The van der Waals surface area contributed by atoms with Gasteiger partial charge in [-0.3, -0.25) is 4.79 Å². The first-order chi connectivity index (χ1) is 6.79. The largest absolute Gasteiger partial charge is 0.481 e. The SMILES string of the molecule is O=C(O)CCNCCC1CC=CCC1. The minimum atomic E-state index is -0.724. The van der Waals surface area contributed by atoms with Gasteiger partial charge in [0, 0.05) is 6.54 Å². The lowest BCUT2D eigenvalue weighted by molar-refractivity contribution is -0.136. The van der Waals surface area contributed by atoms with Crippen molar-refractivity contribution in [3.8, 4) is 0 Å². The number of nitrogens with one attached hydrogen (secondary N) is 1. The molecule has 0 saturated carbocycles.